The van der Waals surface area contributed by atoms with Gasteiger partial charge in [-0.2, -0.15) is 0 Å². The van der Waals surface area contributed by atoms with Crippen molar-refractivity contribution in [3.8, 4) is 11.1 Å². The molecule has 0 radical (unpaired) electrons. The number of nitrogens with two attached hydrogens (primary N) is 1. The van der Waals surface area contributed by atoms with Gasteiger partial charge in [-0.15, -0.1) is 0 Å². The number of nitrogens with zero attached hydrogens (tertiary/aromatic N) is 1. The topological polar surface area (TPSA) is 68.0 Å². The van der Waals surface area contributed by atoms with E-state index in [0.29, 0.717) is 5.56 Å². The van der Waals surface area contributed by atoms with Crippen LogP contribution in [0.2, 0.25) is 0 Å². The lowest BCUT2D eigenvalue weighted by Crippen LogP contribution is -2.30. The molecule has 0 aliphatic carbocycles. The maximum absolute atomic E-state index is 11.4. The summed E-state index contributed by atoms with van der Waals surface area (Å²) < 4.78 is 0. The highest BCUT2D eigenvalue weighted by Gasteiger charge is 2.07. The number of nitrogen functional groups attached to an aromatic ring is 1. The lowest BCUT2D eigenvalue weighted by atomic mass is 10.1. The molecule has 0 spiro atoms. The molecule has 0 atom stereocenters. The second kappa shape index (κ2) is 8.55. The lowest BCUT2D eigenvalue weighted by molar-refractivity contribution is 0.0955. The van der Waals surface area contributed by atoms with E-state index in [-0.39, 0.29) is 5.91 Å². The first-order chi connectivity index (χ1) is 12.8. The van der Waals surface area contributed by atoms with Gasteiger partial charge in [0.2, 0.25) is 0 Å². The van der Waals surface area contributed by atoms with Crippen molar-refractivity contribution < 1.29 is 4.79 Å². The number of aromatic nitrogens is 1. The fourth-order valence-corrected chi connectivity index (χ4v) is 2.63. The molecule has 0 saturated carbocycles. The number of carbonyl (C=O) groups is 1. The highest BCUT2D eigenvalue weighted by atomic mass is 16.2. The zero-order valence-corrected chi connectivity index (χ0v) is 14.2. The summed E-state index contributed by atoms with van der Waals surface area (Å²) in [5.41, 5.74) is 5.98. The zero-order chi connectivity index (χ0) is 18.2. The van der Waals surface area contributed by atoms with Crippen molar-refractivity contribution >= 4 is 16.8 Å². The van der Waals surface area contributed by atoms with Gasteiger partial charge in [-0.1, -0.05) is 78.9 Å². The fraction of sp³-hybridized carbons (Fsp3) is 0. The van der Waals surface area contributed by atoms with E-state index in [2.05, 4.69) is 58.9 Å². The van der Waals surface area contributed by atoms with Crippen LogP contribution in [0.5, 0.6) is 0 Å². The van der Waals surface area contributed by atoms with E-state index in [9.17, 15) is 4.79 Å². The SMILES string of the molecule is NNC(=O)c1ccnc2ccccc12.c1ccc(-c2ccccc2)cc1. The predicted octanol–water partition coefficient (Wildman–Crippen LogP) is 4.19. The lowest BCUT2D eigenvalue weighted by Gasteiger charge is -2.03. The summed E-state index contributed by atoms with van der Waals surface area (Å²) in [6, 6.07) is 29.8. The standard InChI is InChI=1S/C12H10.C10H9N3O/c1-3-7-11(8-4-1)12-9-5-2-6-10-12;11-13-10(14)8-5-6-12-9-4-2-1-3-7(8)9/h1-10H;1-6H,11H2,(H,13,14). The van der Waals surface area contributed by atoms with Gasteiger partial charge in [-0.25, -0.2) is 5.84 Å². The van der Waals surface area contributed by atoms with Crippen molar-refractivity contribution in [1.29, 1.82) is 0 Å². The number of pyridine rings is 1. The summed E-state index contributed by atoms with van der Waals surface area (Å²) in [6.45, 7) is 0. The Morgan fingerprint density at radius 1 is 0.731 bits per heavy atom. The number of hydrogen-bond donors (Lipinski definition) is 2. The number of carbonyl (C=O) groups excluding carboxylic acids is 1. The Hall–Kier alpha value is -3.50. The number of para-hydroxylation sites is 1. The summed E-state index contributed by atoms with van der Waals surface area (Å²) in [7, 11) is 0. The Kier molecular flexibility index (Phi) is 5.70. The Balaban J connectivity index is 0.000000152. The zero-order valence-electron chi connectivity index (χ0n) is 14.2. The molecular formula is C22H19N3O. The first kappa shape index (κ1) is 17.3. The van der Waals surface area contributed by atoms with E-state index >= 15 is 0 Å². The van der Waals surface area contributed by atoms with Gasteiger partial charge in [0.1, 0.15) is 0 Å². The Bertz CT molecular complexity index is 943. The molecule has 26 heavy (non-hydrogen) atoms. The molecule has 4 nitrogen and oxygen atoms in total. The molecule has 4 heteroatoms. The number of hydrazine groups is 1. The second-order valence-electron chi connectivity index (χ2n) is 5.58. The maximum Gasteiger partial charge on any atom is 0.265 e. The van der Waals surface area contributed by atoms with Gasteiger partial charge >= 0.3 is 0 Å². The largest absolute Gasteiger partial charge is 0.290 e. The molecule has 1 heterocycles. The Labute approximate surface area is 152 Å². The van der Waals surface area contributed by atoms with Gasteiger partial charge in [0.15, 0.2) is 0 Å². The third-order valence-corrected chi connectivity index (χ3v) is 3.91. The third kappa shape index (κ3) is 4.12. The molecule has 0 bridgehead atoms. The average molecular weight is 341 g/mol. The summed E-state index contributed by atoms with van der Waals surface area (Å²) in [5, 5.41) is 0.804. The fourth-order valence-electron chi connectivity index (χ4n) is 2.63. The van der Waals surface area contributed by atoms with E-state index in [1.165, 1.54) is 11.1 Å². The first-order valence-electron chi connectivity index (χ1n) is 8.25. The number of amides is 1. The number of nitrogens with one attached hydrogen (secondary N) is 1. The molecule has 1 aromatic heterocycles. The van der Waals surface area contributed by atoms with Crippen LogP contribution in [-0.2, 0) is 0 Å². The van der Waals surface area contributed by atoms with E-state index < -0.39 is 0 Å². The van der Waals surface area contributed by atoms with Crippen LogP contribution in [0.4, 0.5) is 0 Å². The van der Waals surface area contributed by atoms with Gasteiger partial charge in [0.05, 0.1) is 11.1 Å². The molecule has 1 amide bonds. The van der Waals surface area contributed by atoms with Crippen LogP contribution in [0.1, 0.15) is 10.4 Å². The Morgan fingerprint density at radius 3 is 1.85 bits per heavy atom. The molecule has 0 fully saturated rings. The van der Waals surface area contributed by atoms with Crippen LogP contribution in [0.25, 0.3) is 22.0 Å². The average Bonchev–Trinajstić information content (AvgIpc) is 2.74. The molecular weight excluding hydrogens is 322 g/mol. The molecule has 0 aliphatic heterocycles. The number of hydrogen-bond acceptors (Lipinski definition) is 3. The van der Waals surface area contributed by atoms with Crippen molar-refractivity contribution in [2.75, 3.05) is 0 Å². The molecule has 3 aromatic carbocycles. The third-order valence-electron chi connectivity index (χ3n) is 3.91. The van der Waals surface area contributed by atoms with Crippen molar-refractivity contribution in [2.45, 2.75) is 0 Å². The van der Waals surface area contributed by atoms with Crippen molar-refractivity contribution in [1.82, 2.24) is 10.4 Å². The van der Waals surface area contributed by atoms with Crippen LogP contribution in [-0.4, -0.2) is 10.9 Å². The van der Waals surface area contributed by atoms with Crippen LogP contribution >= 0.6 is 0 Å². The van der Waals surface area contributed by atoms with Crippen LogP contribution < -0.4 is 11.3 Å². The number of benzene rings is 3. The maximum atomic E-state index is 11.4. The van der Waals surface area contributed by atoms with E-state index in [4.69, 9.17) is 5.84 Å². The van der Waals surface area contributed by atoms with Crippen LogP contribution in [0.3, 0.4) is 0 Å². The molecule has 3 N–H and O–H groups in total. The van der Waals surface area contributed by atoms with E-state index in [1.54, 1.807) is 12.3 Å². The highest BCUT2D eigenvalue weighted by Crippen LogP contribution is 2.17. The smallest absolute Gasteiger partial charge is 0.265 e. The van der Waals surface area contributed by atoms with E-state index in [0.717, 1.165) is 10.9 Å². The van der Waals surface area contributed by atoms with Crippen LogP contribution in [0, 0.1) is 0 Å². The van der Waals surface area contributed by atoms with Gasteiger partial charge in [-0.3, -0.25) is 15.2 Å². The minimum atomic E-state index is -0.302. The first-order valence-corrected chi connectivity index (χ1v) is 8.25. The molecule has 128 valence electrons. The summed E-state index contributed by atoms with van der Waals surface area (Å²) >= 11 is 0. The minimum Gasteiger partial charge on any atom is -0.290 e. The van der Waals surface area contributed by atoms with Crippen LogP contribution in [0.15, 0.2) is 97.2 Å². The predicted molar refractivity (Wildman–Crippen MR) is 105 cm³/mol. The molecule has 0 aliphatic rings. The number of rotatable bonds is 2. The quantitative estimate of drug-likeness (QED) is 0.326. The van der Waals surface area contributed by atoms with Gasteiger partial charge < -0.3 is 0 Å². The van der Waals surface area contributed by atoms with Gasteiger partial charge in [0.25, 0.3) is 5.91 Å². The van der Waals surface area contributed by atoms with Crippen molar-refractivity contribution in [3.63, 3.8) is 0 Å². The minimum absolute atomic E-state index is 0.302. The summed E-state index contributed by atoms with van der Waals surface area (Å²) in [6.07, 6.45) is 1.59. The van der Waals surface area contributed by atoms with E-state index in [1.807, 2.05) is 36.4 Å². The monoisotopic (exact) mass is 341 g/mol. The molecule has 0 saturated heterocycles. The highest BCUT2D eigenvalue weighted by molar-refractivity contribution is 6.05. The van der Waals surface area contributed by atoms with Gasteiger partial charge in [0, 0.05) is 11.6 Å². The number of fused-ring (bicyclic) bond motifs is 1. The second-order valence-corrected chi connectivity index (χ2v) is 5.58. The summed E-state index contributed by atoms with van der Waals surface area (Å²) in [4.78, 5) is 15.5. The van der Waals surface area contributed by atoms with Gasteiger partial charge in [-0.05, 0) is 23.3 Å². The summed E-state index contributed by atoms with van der Waals surface area (Å²) in [5.74, 6) is 4.77. The molecule has 0 unspecified atom stereocenters. The van der Waals surface area contributed by atoms with Crippen molar-refractivity contribution in [2.24, 2.45) is 5.84 Å². The Morgan fingerprint density at radius 2 is 1.27 bits per heavy atom. The normalized spacial score (nSPS) is 9.88. The molecule has 4 rings (SSSR count). The molecule has 4 aromatic rings. The van der Waals surface area contributed by atoms with Crippen molar-refractivity contribution in [3.05, 3.63) is 103 Å².